The molecule has 1 heterocycles. The first kappa shape index (κ1) is 15.2. The van der Waals surface area contributed by atoms with Crippen molar-refractivity contribution in [2.45, 2.75) is 12.5 Å². The summed E-state index contributed by atoms with van der Waals surface area (Å²) in [6, 6.07) is 14.2. The molecule has 1 saturated heterocycles. The highest BCUT2D eigenvalue weighted by molar-refractivity contribution is 9.11. The van der Waals surface area contributed by atoms with Crippen LogP contribution in [0.15, 0.2) is 57.5 Å². The molecule has 1 atom stereocenters. The van der Waals surface area contributed by atoms with Crippen molar-refractivity contribution in [2.24, 2.45) is 0 Å². The number of carbonyl (C=O) groups is 2. The Bertz CT molecular complexity index is 748. The van der Waals surface area contributed by atoms with E-state index in [2.05, 4.69) is 37.2 Å². The maximum atomic E-state index is 12.6. The fourth-order valence-corrected chi connectivity index (χ4v) is 3.26. The lowest BCUT2D eigenvalue weighted by atomic mass is 10.2. The topological polar surface area (TPSA) is 49.4 Å². The summed E-state index contributed by atoms with van der Waals surface area (Å²) in [5.41, 5.74) is 1.37. The predicted molar refractivity (Wildman–Crippen MR) is 92.8 cm³/mol. The third-order valence-corrected chi connectivity index (χ3v) is 4.81. The largest absolute Gasteiger partial charge is 0.372 e. The molecule has 0 aromatic heterocycles. The zero-order chi connectivity index (χ0) is 15.7. The van der Waals surface area contributed by atoms with Crippen molar-refractivity contribution in [2.75, 3.05) is 10.2 Å². The van der Waals surface area contributed by atoms with Crippen molar-refractivity contribution in [3.63, 3.8) is 0 Å². The Morgan fingerprint density at radius 1 is 0.955 bits per heavy atom. The Hall–Kier alpha value is -1.66. The van der Waals surface area contributed by atoms with Gasteiger partial charge in [0.2, 0.25) is 5.91 Å². The summed E-state index contributed by atoms with van der Waals surface area (Å²) in [6.07, 6.45) is 0.140. The van der Waals surface area contributed by atoms with Crippen LogP contribution in [0.1, 0.15) is 6.42 Å². The van der Waals surface area contributed by atoms with Gasteiger partial charge in [-0.3, -0.25) is 9.59 Å². The van der Waals surface area contributed by atoms with Crippen LogP contribution in [0.3, 0.4) is 0 Å². The number of hydrogen-bond donors (Lipinski definition) is 1. The zero-order valence-electron chi connectivity index (χ0n) is 11.4. The molecule has 6 heteroatoms. The van der Waals surface area contributed by atoms with Crippen molar-refractivity contribution in [1.82, 2.24) is 0 Å². The number of imide groups is 1. The van der Waals surface area contributed by atoms with Gasteiger partial charge < -0.3 is 5.32 Å². The van der Waals surface area contributed by atoms with Gasteiger partial charge in [-0.05, 0) is 56.1 Å². The van der Waals surface area contributed by atoms with Crippen molar-refractivity contribution in [3.05, 3.63) is 57.5 Å². The molecule has 0 bridgehead atoms. The van der Waals surface area contributed by atoms with Crippen LogP contribution in [0.4, 0.5) is 11.4 Å². The van der Waals surface area contributed by atoms with E-state index in [9.17, 15) is 9.59 Å². The van der Waals surface area contributed by atoms with Gasteiger partial charge >= 0.3 is 0 Å². The van der Waals surface area contributed by atoms with Gasteiger partial charge in [0.15, 0.2) is 0 Å². The fourth-order valence-electron chi connectivity index (χ4n) is 2.40. The standard InChI is InChI=1S/C16H12Br2N2O2/c17-10-5-1-3-7-12(10)19-13-9-15(21)20(16(13)22)14-8-4-2-6-11(14)18/h1-8,13,19H,9H2/t13-/m1/s1. The second kappa shape index (κ2) is 6.22. The maximum Gasteiger partial charge on any atom is 0.256 e. The molecule has 0 unspecified atom stereocenters. The number of halogens is 2. The molecule has 2 aromatic carbocycles. The lowest BCUT2D eigenvalue weighted by molar-refractivity contribution is -0.121. The first-order valence-electron chi connectivity index (χ1n) is 6.70. The first-order valence-corrected chi connectivity index (χ1v) is 8.29. The number of benzene rings is 2. The van der Waals surface area contributed by atoms with Gasteiger partial charge in [0.1, 0.15) is 6.04 Å². The summed E-state index contributed by atoms with van der Waals surface area (Å²) in [6.45, 7) is 0. The summed E-state index contributed by atoms with van der Waals surface area (Å²) in [5, 5.41) is 3.13. The van der Waals surface area contributed by atoms with Crippen LogP contribution in [0.5, 0.6) is 0 Å². The van der Waals surface area contributed by atoms with Crippen LogP contribution in [-0.4, -0.2) is 17.9 Å². The molecule has 4 nitrogen and oxygen atoms in total. The van der Waals surface area contributed by atoms with Crippen LogP contribution in [-0.2, 0) is 9.59 Å². The molecule has 22 heavy (non-hydrogen) atoms. The number of carbonyl (C=O) groups excluding carboxylic acids is 2. The molecule has 0 spiro atoms. The normalized spacial score (nSPS) is 17.9. The highest BCUT2D eigenvalue weighted by Gasteiger charge is 2.40. The van der Waals surface area contributed by atoms with E-state index in [4.69, 9.17) is 0 Å². The van der Waals surface area contributed by atoms with Gasteiger partial charge in [-0.2, -0.15) is 0 Å². The molecular weight excluding hydrogens is 412 g/mol. The Labute approximate surface area is 144 Å². The minimum Gasteiger partial charge on any atom is -0.372 e. The SMILES string of the molecule is O=C1C[C@@H](Nc2ccccc2Br)C(=O)N1c1ccccc1Br. The predicted octanol–water partition coefficient (Wildman–Crippen LogP) is 3.96. The van der Waals surface area contributed by atoms with Crippen LogP contribution in [0.2, 0.25) is 0 Å². The molecule has 0 aliphatic carbocycles. The van der Waals surface area contributed by atoms with E-state index >= 15 is 0 Å². The number of nitrogens with zero attached hydrogens (tertiary/aromatic N) is 1. The first-order chi connectivity index (χ1) is 10.6. The minimum atomic E-state index is -0.557. The second-order valence-corrected chi connectivity index (χ2v) is 6.61. The summed E-state index contributed by atoms with van der Waals surface area (Å²) in [4.78, 5) is 26.1. The molecule has 1 N–H and O–H groups in total. The molecule has 0 saturated carbocycles. The second-order valence-electron chi connectivity index (χ2n) is 4.90. The number of hydrogen-bond acceptors (Lipinski definition) is 3. The van der Waals surface area contributed by atoms with Gasteiger partial charge in [0.25, 0.3) is 5.91 Å². The van der Waals surface area contributed by atoms with Crippen molar-refractivity contribution in [3.8, 4) is 0 Å². The van der Waals surface area contributed by atoms with Crippen molar-refractivity contribution < 1.29 is 9.59 Å². The third kappa shape index (κ3) is 2.80. The summed E-state index contributed by atoms with van der Waals surface area (Å²) in [5.74, 6) is -0.450. The summed E-state index contributed by atoms with van der Waals surface area (Å²) < 4.78 is 1.58. The number of anilines is 2. The van der Waals surface area contributed by atoms with Crippen molar-refractivity contribution >= 4 is 55.0 Å². The molecule has 0 radical (unpaired) electrons. The third-order valence-electron chi connectivity index (χ3n) is 3.44. The van der Waals surface area contributed by atoms with Crippen LogP contribution >= 0.6 is 31.9 Å². The van der Waals surface area contributed by atoms with E-state index in [0.29, 0.717) is 5.69 Å². The molecule has 1 fully saturated rings. The van der Waals surface area contributed by atoms with Crippen LogP contribution in [0, 0.1) is 0 Å². The molecule has 2 aromatic rings. The van der Waals surface area contributed by atoms with E-state index in [0.717, 1.165) is 14.6 Å². The monoisotopic (exact) mass is 422 g/mol. The van der Waals surface area contributed by atoms with Crippen molar-refractivity contribution in [1.29, 1.82) is 0 Å². The molecule has 1 aliphatic rings. The maximum absolute atomic E-state index is 12.6. The molecule has 112 valence electrons. The van der Waals surface area contributed by atoms with Gasteiger partial charge in [-0.15, -0.1) is 0 Å². The van der Waals surface area contributed by atoms with E-state index < -0.39 is 6.04 Å². The van der Waals surface area contributed by atoms with Gasteiger partial charge in [0.05, 0.1) is 12.1 Å². The molecule has 1 aliphatic heterocycles. The van der Waals surface area contributed by atoms with Crippen LogP contribution < -0.4 is 10.2 Å². The minimum absolute atomic E-state index is 0.140. The quantitative estimate of drug-likeness (QED) is 0.760. The van der Waals surface area contributed by atoms with Crippen LogP contribution in [0.25, 0.3) is 0 Å². The average Bonchev–Trinajstić information content (AvgIpc) is 2.77. The highest BCUT2D eigenvalue weighted by Crippen LogP contribution is 2.32. The van der Waals surface area contributed by atoms with Gasteiger partial charge in [-0.1, -0.05) is 24.3 Å². The Morgan fingerprint density at radius 3 is 2.27 bits per heavy atom. The Morgan fingerprint density at radius 2 is 1.59 bits per heavy atom. The van der Waals surface area contributed by atoms with E-state index in [1.807, 2.05) is 36.4 Å². The molecule has 2 amide bonds. The molecular formula is C16H12Br2N2O2. The number of nitrogens with one attached hydrogen (secondary N) is 1. The van der Waals surface area contributed by atoms with Gasteiger partial charge in [-0.25, -0.2) is 4.90 Å². The van der Waals surface area contributed by atoms with E-state index in [-0.39, 0.29) is 18.2 Å². The number of para-hydroxylation sites is 2. The fraction of sp³-hybridized carbons (Fsp3) is 0.125. The summed E-state index contributed by atoms with van der Waals surface area (Å²) >= 11 is 6.82. The number of amides is 2. The average molecular weight is 424 g/mol. The lowest BCUT2D eigenvalue weighted by Gasteiger charge is -2.17. The zero-order valence-corrected chi connectivity index (χ0v) is 14.6. The van der Waals surface area contributed by atoms with E-state index in [1.54, 1.807) is 12.1 Å². The van der Waals surface area contributed by atoms with E-state index in [1.165, 1.54) is 4.90 Å². The lowest BCUT2D eigenvalue weighted by Crippen LogP contribution is -2.35. The summed E-state index contributed by atoms with van der Waals surface area (Å²) in [7, 11) is 0. The van der Waals surface area contributed by atoms with Gasteiger partial charge in [0, 0.05) is 14.6 Å². The Balaban J connectivity index is 1.86. The Kier molecular flexibility index (Phi) is 4.31. The molecule has 3 rings (SSSR count). The number of rotatable bonds is 3. The highest BCUT2D eigenvalue weighted by atomic mass is 79.9. The smallest absolute Gasteiger partial charge is 0.256 e.